The van der Waals surface area contributed by atoms with Gasteiger partial charge in [-0.05, 0) is 5.92 Å². The first-order valence-electron chi connectivity index (χ1n) is 3.23. The molecule has 0 aromatic heterocycles. The minimum absolute atomic E-state index is 0. The van der Waals surface area contributed by atoms with Crippen LogP contribution in [-0.4, -0.2) is 33.0 Å². The molecule has 0 aromatic rings. The standard InChI is InChI=1S/C5H9F2NO2S.ClH/c6-5(7)11(9,10)3-4-1-8-2-4;/h4-5,8H,1-3H2;1H. The fourth-order valence-electron chi connectivity index (χ4n) is 0.868. The molecule has 0 saturated carbocycles. The Labute approximate surface area is 75.9 Å². The van der Waals surface area contributed by atoms with Crippen LogP contribution in [0.1, 0.15) is 0 Å². The highest BCUT2D eigenvalue weighted by atomic mass is 35.5. The molecule has 0 atom stereocenters. The van der Waals surface area contributed by atoms with Gasteiger partial charge in [0.15, 0.2) is 0 Å². The highest BCUT2D eigenvalue weighted by molar-refractivity contribution is 7.91. The third-order valence-corrected chi connectivity index (χ3v) is 3.08. The van der Waals surface area contributed by atoms with E-state index in [0.29, 0.717) is 13.1 Å². The average Bonchev–Trinajstić information content (AvgIpc) is 1.79. The summed E-state index contributed by atoms with van der Waals surface area (Å²) in [6, 6.07) is 0. The van der Waals surface area contributed by atoms with Gasteiger partial charge in [-0.1, -0.05) is 0 Å². The molecule has 1 saturated heterocycles. The van der Waals surface area contributed by atoms with Gasteiger partial charge in [0, 0.05) is 13.1 Å². The van der Waals surface area contributed by atoms with Crippen molar-refractivity contribution in [1.82, 2.24) is 5.32 Å². The van der Waals surface area contributed by atoms with Crippen LogP contribution in [-0.2, 0) is 9.84 Å². The molecule has 0 aromatic carbocycles. The van der Waals surface area contributed by atoms with E-state index in [1.54, 1.807) is 0 Å². The minimum Gasteiger partial charge on any atom is -0.316 e. The number of hydrogen-bond donors (Lipinski definition) is 1. The van der Waals surface area contributed by atoms with Gasteiger partial charge in [-0.15, -0.1) is 12.4 Å². The van der Waals surface area contributed by atoms with Gasteiger partial charge in [0.25, 0.3) is 0 Å². The van der Waals surface area contributed by atoms with E-state index >= 15 is 0 Å². The topological polar surface area (TPSA) is 46.2 Å². The largest absolute Gasteiger partial charge is 0.336 e. The van der Waals surface area contributed by atoms with Crippen LogP contribution >= 0.6 is 12.4 Å². The Morgan fingerprint density at radius 1 is 1.42 bits per heavy atom. The van der Waals surface area contributed by atoms with Gasteiger partial charge >= 0.3 is 5.76 Å². The maximum atomic E-state index is 11.7. The summed E-state index contributed by atoms with van der Waals surface area (Å²) in [5.74, 6) is -3.73. The Morgan fingerprint density at radius 2 is 1.92 bits per heavy atom. The summed E-state index contributed by atoms with van der Waals surface area (Å²) in [4.78, 5) is 0. The first kappa shape index (κ1) is 12.1. The summed E-state index contributed by atoms with van der Waals surface area (Å²) < 4.78 is 44.6. The van der Waals surface area contributed by atoms with Crippen molar-refractivity contribution in [2.45, 2.75) is 5.76 Å². The van der Waals surface area contributed by atoms with Crippen molar-refractivity contribution in [3.05, 3.63) is 0 Å². The van der Waals surface area contributed by atoms with Crippen LogP contribution in [0.25, 0.3) is 0 Å². The Morgan fingerprint density at radius 3 is 2.17 bits per heavy atom. The number of alkyl halides is 2. The quantitative estimate of drug-likeness (QED) is 0.744. The Hall–Kier alpha value is 0.0600. The monoisotopic (exact) mass is 221 g/mol. The summed E-state index contributed by atoms with van der Waals surface area (Å²) in [5, 5.41) is 2.81. The predicted octanol–water partition coefficient (Wildman–Crippen LogP) is 0.265. The Kier molecular flexibility index (Phi) is 4.36. The van der Waals surface area contributed by atoms with E-state index in [1.807, 2.05) is 0 Å². The third kappa shape index (κ3) is 2.84. The molecule has 1 N–H and O–H groups in total. The van der Waals surface area contributed by atoms with Crippen molar-refractivity contribution in [1.29, 1.82) is 0 Å². The van der Waals surface area contributed by atoms with Crippen LogP contribution in [0.15, 0.2) is 0 Å². The molecular weight excluding hydrogens is 212 g/mol. The fraction of sp³-hybridized carbons (Fsp3) is 1.00. The normalized spacial score (nSPS) is 18.6. The molecule has 0 bridgehead atoms. The second-order valence-electron chi connectivity index (χ2n) is 2.61. The molecule has 7 heteroatoms. The lowest BCUT2D eigenvalue weighted by Crippen LogP contribution is -2.46. The van der Waals surface area contributed by atoms with Gasteiger partial charge in [0.2, 0.25) is 9.84 Å². The fourth-order valence-corrected chi connectivity index (χ4v) is 1.91. The lowest BCUT2D eigenvalue weighted by molar-refractivity contribution is 0.232. The minimum atomic E-state index is -4.13. The van der Waals surface area contributed by atoms with Crippen molar-refractivity contribution < 1.29 is 17.2 Å². The maximum absolute atomic E-state index is 11.7. The summed E-state index contributed by atoms with van der Waals surface area (Å²) in [6.07, 6.45) is 0. The molecule has 1 rings (SSSR count). The van der Waals surface area contributed by atoms with Crippen LogP contribution in [0.4, 0.5) is 8.78 Å². The van der Waals surface area contributed by atoms with Crippen LogP contribution < -0.4 is 5.32 Å². The summed E-state index contributed by atoms with van der Waals surface area (Å²) in [7, 11) is -4.13. The predicted molar refractivity (Wildman–Crippen MR) is 43.4 cm³/mol. The summed E-state index contributed by atoms with van der Waals surface area (Å²) in [6.45, 7) is 1.07. The summed E-state index contributed by atoms with van der Waals surface area (Å²) >= 11 is 0. The lowest BCUT2D eigenvalue weighted by Gasteiger charge is -2.26. The zero-order valence-corrected chi connectivity index (χ0v) is 7.80. The molecular formula is C5H10ClF2NO2S. The zero-order valence-electron chi connectivity index (χ0n) is 6.16. The Balaban J connectivity index is 0.00000121. The molecule has 1 fully saturated rings. The number of sulfone groups is 1. The van der Waals surface area contributed by atoms with E-state index in [-0.39, 0.29) is 18.3 Å². The van der Waals surface area contributed by atoms with Crippen molar-refractivity contribution in [2.75, 3.05) is 18.8 Å². The SMILES string of the molecule is Cl.O=S(=O)(CC1CNC1)C(F)F. The highest BCUT2D eigenvalue weighted by Gasteiger charge is 2.30. The molecule has 74 valence electrons. The lowest BCUT2D eigenvalue weighted by atomic mass is 10.1. The van der Waals surface area contributed by atoms with Gasteiger partial charge in [-0.25, -0.2) is 8.42 Å². The number of rotatable bonds is 3. The van der Waals surface area contributed by atoms with E-state index in [0.717, 1.165) is 0 Å². The maximum Gasteiger partial charge on any atom is 0.336 e. The number of nitrogens with one attached hydrogen (secondary N) is 1. The van der Waals surface area contributed by atoms with Gasteiger partial charge in [-0.2, -0.15) is 8.78 Å². The number of halogens is 3. The van der Waals surface area contributed by atoms with Gasteiger partial charge in [0.05, 0.1) is 5.75 Å². The first-order valence-corrected chi connectivity index (χ1v) is 4.94. The van der Waals surface area contributed by atoms with Crippen LogP contribution in [0.2, 0.25) is 0 Å². The molecule has 12 heavy (non-hydrogen) atoms. The number of hydrogen-bond acceptors (Lipinski definition) is 3. The van der Waals surface area contributed by atoms with E-state index in [9.17, 15) is 17.2 Å². The van der Waals surface area contributed by atoms with E-state index in [4.69, 9.17) is 0 Å². The van der Waals surface area contributed by atoms with E-state index in [2.05, 4.69) is 5.32 Å². The molecule has 0 spiro atoms. The molecule has 0 radical (unpaired) electrons. The molecule has 0 amide bonds. The molecule has 0 unspecified atom stereocenters. The van der Waals surface area contributed by atoms with Crippen molar-refractivity contribution in [3.63, 3.8) is 0 Å². The van der Waals surface area contributed by atoms with E-state index in [1.165, 1.54) is 0 Å². The molecule has 3 nitrogen and oxygen atoms in total. The van der Waals surface area contributed by atoms with Crippen LogP contribution in [0.5, 0.6) is 0 Å². The zero-order chi connectivity index (χ0) is 8.48. The molecule has 1 heterocycles. The highest BCUT2D eigenvalue weighted by Crippen LogP contribution is 2.13. The average molecular weight is 222 g/mol. The van der Waals surface area contributed by atoms with Crippen molar-refractivity contribution >= 4 is 22.2 Å². The van der Waals surface area contributed by atoms with Crippen LogP contribution in [0.3, 0.4) is 0 Å². The van der Waals surface area contributed by atoms with Gasteiger partial charge < -0.3 is 5.32 Å². The smallest absolute Gasteiger partial charge is 0.316 e. The molecule has 1 aliphatic heterocycles. The van der Waals surface area contributed by atoms with E-state index < -0.39 is 21.3 Å². The van der Waals surface area contributed by atoms with Gasteiger partial charge in [-0.3, -0.25) is 0 Å². The second kappa shape index (κ2) is 4.34. The van der Waals surface area contributed by atoms with Crippen molar-refractivity contribution in [3.8, 4) is 0 Å². The third-order valence-electron chi connectivity index (χ3n) is 1.61. The Bertz CT molecular complexity index is 228. The van der Waals surface area contributed by atoms with Gasteiger partial charge in [0.1, 0.15) is 0 Å². The van der Waals surface area contributed by atoms with Crippen molar-refractivity contribution in [2.24, 2.45) is 5.92 Å². The molecule has 1 aliphatic rings. The van der Waals surface area contributed by atoms with Crippen LogP contribution in [0, 0.1) is 5.92 Å². The summed E-state index contributed by atoms with van der Waals surface area (Å²) in [5.41, 5.74) is 0. The second-order valence-corrected chi connectivity index (χ2v) is 4.63. The molecule has 0 aliphatic carbocycles. The first-order chi connectivity index (χ1) is 5.02.